The maximum atomic E-state index is 13.4. The summed E-state index contributed by atoms with van der Waals surface area (Å²) in [6.45, 7) is 9.46. The summed E-state index contributed by atoms with van der Waals surface area (Å²) in [7, 11) is -4.05. The molecular weight excluding hydrogens is 592 g/mol. The Bertz CT molecular complexity index is 1700. The molecule has 3 aromatic carbocycles. The van der Waals surface area contributed by atoms with Crippen LogP contribution >= 0.6 is 0 Å². The smallest absolute Gasteiger partial charge is 0.326 e. The number of guanidine groups is 1. The number of amides is 1. The highest BCUT2D eigenvalue weighted by molar-refractivity contribution is 7.90. The zero-order valence-corrected chi connectivity index (χ0v) is 27.3. The topological polar surface area (TPSA) is 160 Å². The number of rotatable bonds is 11. The van der Waals surface area contributed by atoms with Gasteiger partial charge in [0.25, 0.3) is 15.9 Å². The van der Waals surface area contributed by atoms with Gasteiger partial charge in [0, 0.05) is 12.1 Å². The molecule has 1 aliphatic heterocycles. The van der Waals surface area contributed by atoms with Crippen LogP contribution in [0.15, 0.2) is 64.5 Å². The van der Waals surface area contributed by atoms with Gasteiger partial charge in [-0.3, -0.25) is 9.79 Å². The summed E-state index contributed by atoms with van der Waals surface area (Å²) in [5.74, 6) is -1.23. The molecule has 0 spiro atoms. The van der Waals surface area contributed by atoms with Gasteiger partial charge < -0.3 is 20.9 Å². The molecule has 0 bridgehead atoms. The summed E-state index contributed by atoms with van der Waals surface area (Å²) in [6.07, 6.45) is 2.51. The quantitative estimate of drug-likeness (QED) is 0.137. The van der Waals surface area contributed by atoms with Crippen molar-refractivity contribution < 1.29 is 27.9 Å². The number of ether oxygens (including phenoxy) is 1. The zero-order valence-electron chi connectivity index (χ0n) is 26.4. The number of nitrogens with one attached hydrogen (secondary N) is 2. The lowest BCUT2D eigenvalue weighted by Gasteiger charge is -2.35. The fraction of sp³-hybridized carbons (Fsp3) is 0.382. The first-order valence-corrected chi connectivity index (χ1v) is 16.5. The number of benzene rings is 3. The predicted molar refractivity (Wildman–Crippen MR) is 174 cm³/mol. The van der Waals surface area contributed by atoms with Crippen molar-refractivity contribution in [3.05, 3.63) is 93.5 Å². The van der Waals surface area contributed by atoms with Crippen molar-refractivity contribution in [1.82, 2.24) is 10.0 Å². The number of carboxylic acids is 1. The van der Waals surface area contributed by atoms with Crippen LogP contribution in [-0.2, 0) is 27.7 Å². The van der Waals surface area contributed by atoms with E-state index in [-0.39, 0.29) is 35.8 Å². The van der Waals surface area contributed by atoms with Crippen LogP contribution in [0, 0.1) is 20.8 Å². The molecule has 1 amide bonds. The predicted octanol–water partition coefficient (Wildman–Crippen LogP) is 4.56. The van der Waals surface area contributed by atoms with Crippen LogP contribution in [0.2, 0.25) is 0 Å². The molecule has 1 aliphatic rings. The molecule has 0 saturated heterocycles. The average Bonchev–Trinajstić information content (AvgIpc) is 2.97. The number of nitrogens with zero attached hydrogens (tertiary/aromatic N) is 1. The largest absolute Gasteiger partial charge is 0.487 e. The highest BCUT2D eigenvalue weighted by Crippen LogP contribution is 2.42. The molecule has 0 aliphatic carbocycles. The summed E-state index contributed by atoms with van der Waals surface area (Å²) in [5, 5.41) is 12.2. The van der Waals surface area contributed by atoms with E-state index >= 15 is 0 Å². The molecule has 240 valence electrons. The molecule has 4 rings (SSSR count). The minimum atomic E-state index is -4.05. The van der Waals surface area contributed by atoms with Crippen molar-refractivity contribution in [1.29, 1.82) is 0 Å². The number of hydrogen-bond acceptors (Lipinski definition) is 6. The van der Waals surface area contributed by atoms with E-state index in [1.807, 2.05) is 63.2 Å². The Morgan fingerprint density at radius 2 is 1.64 bits per heavy atom. The van der Waals surface area contributed by atoms with Crippen LogP contribution in [0.3, 0.4) is 0 Å². The standard InChI is InChI=1S/C34H42N4O6S/c1-21-22(2)30(23(3)27-17-18-34(4,5)44-29(21)27)45(42,43)38-33(35)36-19-9-12-28(32(40)41)37-31(39)26-15-13-25(14-16-26)20-24-10-7-6-8-11-24/h6-8,10-11,13-16,28H,9,12,17-20H2,1-5H3,(H,37,39)(H,40,41)(H3,35,36,38)/t28-/m0/s1. The van der Waals surface area contributed by atoms with Crippen LogP contribution in [0.4, 0.5) is 0 Å². The van der Waals surface area contributed by atoms with Gasteiger partial charge in [-0.05, 0) is 112 Å². The van der Waals surface area contributed by atoms with E-state index < -0.39 is 27.9 Å². The third-order valence-electron chi connectivity index (χ3n) is 8.18. The first-order valence-electron chi connectivity index (χ1n) is 15.0. The molecule has 0 fully saturated rings. The van der Waals surface area contributed by atoms with E-state index in [1.165, 1.54) is 0 Å². The highest BCUT2D eigenvalue weighted by Gasteiger charge is 2.33. The Kier molecular flexibility index (Phi) is 10.2. The fourth-order valence-electron chi connectivity index (χ4n) is 5.57. The summed E-state index contributed by atoms with van der Waals surface area (Å²) >= 11 is 0. The van der Waals surface area contributed by atoms with Crippen LogP contribution < -0.4 is 20.5 Å². The molecule has 0 radical (unpaired) electrons. The SMILES string of the molecule is Cc1c(C)c(S(=O)(=O)NC(N)=NCCC[C@H](NC(=O)c2ccc(Cc3ccccc3)cc2)C(=O)O)c(C)c2c1OC(C)(C)CC2. The minimum absolute atomic E-state index is 0.0618. The molecular formula is C34H42N4O6S. The summed E-state index contributed by atoms with van der Waals surface area (Å²) in [5.41, 5.74) is 11.0. The molecule has 1 heterocycles. The zero-order chi connectivity index (χ0) is 32.9. The number of aliphatic imine (C=N–C) groups is 1. The number of sulfonamides is 1. The van der Waals surface area contributed by atoms with Crippen molar-refractivity contribution in [3.8, 4) is 5.75 Å². The molecule has 10 nitrogen and oxygen atoms in total. The van der Waals surface area contributed by atoms with Gasteiger partial charge in [0.05, 0.1) is 4.90 Å². The lowest BCUT2D eigenvalue weighted by atomic mass is 9.88. The molecule has 0 unspecified atom stereocenters. The lowest BCUT2D eigenvalue weighted by molar-refractivity contribution is -0.139. The van der Waals surface area contributed by atoms with E-state index in [0.717, 1.165) is 40.8 Å². The van der Waals surface area contributed by atoms with Crippen LogP contribution in [0.1, 0.15) is 76.8 Å². The lowest BCUT2D eigenvalue weighted by Crippen LogP contribution is -2.41. The Morgan fingerprint density at radius 3 is 2.29 bits per heavy atom. The number of carbonyl (C=O) groups is 2. The Morgan fingerprint density at radius 1 is 1.00 bits per heavy atom. The molecule has 0 saturated carbocycles. The third-order valence-corrected chi connectivity index (χ3v) is 9.81. The molecule has 45 heavy (non-hydrogen) atoms. The number of aliphatic carboxylic acids is 1. The number of carbonyl (C=O) groups excluding carboxylic acids is 1. The van der Waals surface area contributed by atoms with E-state index in [9.17, 15) is 23.1 Å². The van der Waals surface area contributed by atoms with Gasteiger partial charge in [-0.25, -0.2) is 17.9 Å². The Balaban J connectivity index is 1.34. The van der Waals surface area contributed by atoms with Gasteiger partial charge in [-0.2, -0.15) is 0 Å². The van der Waals surface area contributed by atoms with Crippen LogP contribution in [-0.4, -0.2) is 49.5 Å². The van der Waals surface area contributed by atoms with Crippen molar-refractivity contribution in [2.24, 2.45) is 10.7 Å². The van der Waals surface area contributed by atoms with Gasteiger partial charge in [-0.15, -0.1) is 0 Å². The van der Waals surface area contributed by atoms with Gasteiger partial charge in [0.15, 0.2) is 0 Å². The highest BCUT2D eigenvalue weighted by atomic mass is 32.2. The molecule has 5 N–H and O–H groups in total. The van der Waals surface area contributed by atoms with Gasteiger partial charge in [0.1, 0.15) is 17.4 Å². The van der Waals surface area contributed by atoms with Crippen LogP contribution in [0.25, 0.3) is 0 Å². The summed E-state index contributed by atoms with van der Waals surface area (Å²) < 4.78 is 35.4. The van der Waals surface area contributed by atoms with Crippen molar-refractivity contribution in [2.75, 3.05) is 6.54 Å². The third kappa shape index (κ3) is 8.21. The van der Waals surface area contributed by atoms with E-state index in [1.54, 1.807) is 26.0 Å². The summed E-state index contributed by atoms with van der Waals surface area (Å²) in [6, 6.07) is 15.8. The fourth-order valence-corrected chi connectivity index (χ4v) is 7.10. The number of fused-ring (bicyclic) bond motifs is 1. The number of nitrogens with two attached hydrogens (primary N) is 1. The second-order valence-electron chi connectivity index (χ2n) is 12.1. The summed E-state index contributed by atoms with van der Waals surface area (Å²) in [4.78, 5) is 28.9. The van der Waals surface area contributed by atoms with Gasteiger partial charge in [0.2, 0.25) is 5.96 Å². The first kappa shape index (κ1) is 33.5. The van der Waals surface area contributed by atoms with Gasteiger partial charge >= 0.3 is 5.97 Å². The molecule has 3 aromatic rings. The van der Waals surface area contributed by atoms with Crippen molar-refractivity contribution in [2.45, 2.75) is 83.3 Å². The Hall–Kier alpha value is -4.38. The second kappa shape index (κ2) is 13.7. The molecule has 0 aromatic heterocycles. The second-order valence-corrected chi connectivity index (χ2v) is 13.7. The maximum Gasteiger partial charge on any atom is 0.326 e. The molecule has 11 heteroatoms. The average molecular weight is 635 g/mol. The first-order chi connectivity index (χ1) is 21.2. The van der Waals surface area contributed by atoms with Gasteiger partial charge in [-0.1, -0.05) is 42.5 Å². The number of carboxylic acid groups (broad SMARTS) is 1. The van der Waals surface area contributed by atoms with E-state index in [2.05, 4.69) is 15.0 Å². The van der Waals surface area contributed by atoms with Crippen LogP contribution in [0.5, 0.6) is 5.75 Å². The molecule has 1 atom stereocenters. The monoisotopic (exact) mass is 634 g/mol. The Labute approximate surface area is 265 Å². The van der Waals surface area contributed by atoms with E-state index in [4.69, 9.17) is 10.5 Å². The van der Waals surface area contributed by atoms with E-state index in [0.29, 0.717) is 23.1 Å². The van der Waals surface area contributed by atoms with Crippen molar-refractivity contribution in [3.63, 3.8) is 0 Å². The minimum Gasteiger partial charge on any atom is -0.487 e. The maximum absolute atomic E-state index is 13.4. The van der Waals surface area contributed by atoms with Crippen molar-refractivity contribution >= 4 is 27.9 Å². The number of hydrogen-bond donors (Lipinski definition) is 4. The normalized spacial score (nSPS) is 15.0.